The Hall–Kier alpha value is -0.760. The maximum absolute atomic E-state index is 12.2. The summed E-state index contributed by atoms with van der Waals surface area (Å²) in [5.74, 6) is 0. The molecule has 4 nitrogen and oxygen atoms in total. The van der Waals surface area contributed by atoms with Crippen molar-refractivity contribution >= 4 is 37.3 Å². The highest BCUT2D eigenvalue weighted by Crippen LogP contribution is 2.20. The maximum atomic E-state index is 12.2. The van der Waals surface area contributed by atoms with E-state index < -0.39 is 10.0 Å². The van der Waals surface area contributed by atoms with E-state index in [0.717, 1.165) is 15.2 Å². The van der Waals surface area contributed by atoms with Crippen molar-refractivity contribution in [2.75, 3.05) is 0 Å². The number of halogens is 1. The van der Waals surface area contributed by atoms with Gasteiger partial charge in [-0.25, -0.2) is 18.1 Å². The van der Waals surface area contributed by atoms with E-state index in [-0.39, 0.29) is 11.4 Å². The maximum Gasteiger partial charge on any atom is 0.241 e. The lowest BCUT2D eigenvalue weighted by Gasteiger charge is -2.08. The normalized spacial score (nSPS) is 11.7. The molecule has 0 aliphatic heterocycles. The van der Waals surface area contributed by atoms with Gasteiger partial charge in [-0.2, -0.15) is 0 Å². The van der Waals surface area contributed by atoms with E-state index in [0.29, 0.717) is 5.56 Å². The van der Waals surface area contributed by atoms with E-state index in [2.05, 4.69) is 25.6 Å². The molecule has 0 aliphatic rings. The van der Waals surface area contributed by atoms with Crippen LogP contribution < -0.4 is 4.72 Å². The quantitative estimate of drug-likeness (QED) is 0.911. The van der Waals surface area contributed by atoms with Gasteiger partial charge in [0.1, 0.15) is 0 Å². The largest absolute Gasteiger partial charge is 0.245 e. The molecule has 1 heterocycles. The molecule has 1 aromatic carbocycles. The molecular weight excluding hydrogens is 348 g/mol. The van der Waals surface area contributed by atoms with Crippen molar-refractivity contribution in [1.82, 2.24) is 9.71 Å². The molecule has 2 aromatic rings. The Morgan fingerprint density at radius 3 is 2.74 bits per heavy atom. The minimum Gasteiger partial charge on any atom is -0.245 e. The molecule has 0 unspecified atom stereocenters. The van der Waals surface area contributed by atoms with E-state index in [4.69, 9.17) is 0 Å². The van der Waals surface area contributed by atoms with Crippen LogP contribution in [0.1, 0.15) is 16.3 Å². The monoisotopic (exact) mass is 360 g/mol. The molecule has 0 saturated carbocycles. The highest BCUT2D eigenvalue weighted by Gasteiger charge is 2.17. The van der Waals surface area contributed by atoms with Gasteiger partial charge in [-0.15, -0.1) is 11.3 Å². The molecule has 0 amide bonds. The number of hydrogen-bond donors (Lipinski definition) is 1. The van der Waals surface area contributed by atoms with Gasteiger partial charge in [-0.1, -0.05) is 22.0 Å². The zero-order valence-corrected chi connectivity index (χ0v) is 13.7. The molecule has 0 bridgehead atoms. The second-order valence-electron chi connectivity index (χ2n) is 4.09. The fourth-order valence-corrected chi connectivity index (χ4v) is 3.99. The van der Waals surface area contributed by atoms with Crippen LogP contribution in [0.15, 0.2) is 32.9 Å². The molecule has 102 valence electrons. The number of nitrogens with zero attached hydrogens (tertiary/aromatic N) is 1. The standard InChI is InChI=1S/C12H13BrN2O2S2/c1-8-3-4-10(13)5-12(8)19(16,17)14-6-11-7-18-9(2)15-11/h3-5,7,14H,6H2,1-2H3. The van der Waals surface area contributed by atoms with Crippen molar-refractivity contribution in [1.29, 1.82) is 0 Å². The van der Waals surface area contributed by atoms with Crippen LogP contribution in [-0.4, -0.2) is 13.4 Å². The average molecular weight is 361 g/mol. The third-order valence-corrected chi connectivity index (χ3v) is 5.41. The fraction of sp³-hybridized carbons (Fsp3) is 0.250. The van der Waals surface area contributed by atoms with Gasteiger partial charge in [-0.05, 0) is 31.5 Å². The lowest BCUT2D eigenvalue weighted by atomic mass is 10.2. The second-order valence-corrected chi connectivity index (χ2v) is 7.81. The van der Waals surface area contributed by atoms with Crippen molar-refractivity contribution in [3.05, 3.63) is 44.3 Å². The highest BCUT2D eigenvalue weighted by molar-refractivity contribution is 9.10. The summed E-state index contributed by atoms with van der Waals surface area (Å²) in [6, 6.07) is 5.19. The van der Waals surface area contributed by atoms with Crippen LogP contribution in [0, 0.1) is 13.8 Å². The first-order chi connectivity index (χ1) is 8.88. The van der Waals surface area contributed by atoms with E-state index in [9.17, 15) is 8.42 Å². The first-order valence-corrected chi connectivity index (χ1v) is 8.71. The van der Waals surface area contributed by atoms with Gasteiger partial charge in [0.15, 0.2) is 0 Å². The van der Waals surface area contributed by atoms with E-state index in [1.54, 1.807) is 19.1 Å². The minimum absolute atomic E-state index is 0.207. The fourth-order valence-electron chi connectivity index (χ4n) is 1.60. The summed E-state index contributed by atoms with van der Waals surface area (Å²) >= 11 is 4.79. The van der Waals surface area contributed by atoms with Gasteiger partial charge in [-0.3, -0.25) is 0 Å². The molecule has 0 aliphatic carbocycles. The summed E-state index contributed by atoms with van der Waals surface area (Å²) < 4.78 is 27.8. The zero-order valence-electron chi connectivity index (χ0n) is 10.5. The van der Waals surface area contributed by atoms with Gasteiger partial charge in [0, 0.05) is 9.85 Å². The number of benzene rings is 1. The smallest absolute Gasteiger partial charge is 0.241 e. The Labute approximate surface area is 125 Å². The SMILES string of the molecule is Cc1nc(CNS(=O)(=O)c2cc(Br)ccc2C)cs1. The molecule has 2 rings (SSSR count). The van der Waals surface area contributed by atoms with Gasteiger partial charge < -0.3 is 0 Å². The van der Waals surface area contributed by atoms with Crippen LogP contribution in [0.25, 0.3) is 0 Å². The van der Waals surface area contributed by atoms with E-state index in [1.807, 2.05) is 18.4 Å². The van der Waals surface area contributed by atoms with Crippen LogP contribution in [0.5, 0.6) is 0 Å². The summed E-state index contributed by atoms with van der Waals surface area (Å²) in [4.78, 5) is 4.52. The first-order valence-electron chi connectivity index (χ1n) is 5.55. The summed E-state index contributed by atoms with van der Waals surface area (Å²) in [5, 5.41) is 2.78. The Morgan fingerprint density at radius 1 is 1.37 bits per heavy atom. The molecule has 1 N–H and O–H groups in total. The van der Waals surface area contributed by atoms with Crippen LogP contribution in [-0.2, 0) is 16.6 Å². The van der Waals surface area contributed by atoms with E-state index >= 15 is 0 Å². The van der Waals surface area contributed by atoms with Crippen LogP contribution >= 0.6 is 27.3 Å². The molecule has 0 fully saturated rings. The lowest BCUT2D eigenvalue weighted by Crippen LogP contribution is -2.24. The molecule has 7 heteroatoms. The zero-order chi connectivity index (χ0) is 14.0. The van der Waals surface area contributed by atoms with Gasteiger partial charge in [0.2, 0.25) is 10.0 Å². The summed E-state index contributed by atoms with van der Waals surface area (Å²) in [5.41, 5.74) is 1.45. The van der Waals surface area contributed by atoms with E-state index in [1.165, 1.54) is 11.3 Å². The summed E-state index contributed by atoms with van der Waals surface area (Å²) in [7, 11) is -3.52. The second kappa shape index (κ2) is 5.70. The van der Waals surface area contributed by atoms with Crippen molar-refractivity contribution in [2.24, 2.45) is 0 Å². The van der Waals surface area contributed by atoms with Gasteiger partial charge >= 0.3 is 0 Å². The number of nitrogens with one attached hydrogen (secondary N) is 1. The number of aromatic nitrogens is 1. The molecular formula is C12H13BrN2O2S2. The molecule has 0 spiro atoms. The van der Waals surface area contributed by atoms with Crippen LogP contribution in [0.3, 0.4) is 0 Å². The number of thiazole rings is 1. The minimum atomic E-state index is -3.52. The third-order valence-electron chi connectivity index (χ3n) is 2.55. The molecule has 0 saturated heterocycles. The molecule has 0 atom stereocenters. The highest BCUT2D eigenvalue weighted by atomic mass is 79.9. The van der Waals surface area contributed by atoms with Crippen LogP contribution in [0.4, 0.5) is 0 Å². The molecule has 0 radical (unpaired) electrons. The Kier molecular flexibility index (Phi) is 4.39. The number of hydrogen-bond acceptors (Lipinski definition) is 4. The average Bonchev–Trinajstić information content (AvgIpc) is 2.76. The van der Waals surface area contributed by atoms with Crippen molar-refractivity contribution in [2.45, 2.75) is 25.3 Å². The lowest BCUT2D eigenvalue weighted by molar-refractivity contribution is 0.580. The van der Waals surface area contributed by atoms with Gasteiger partial charge in [0.25, 0.3) is 0 Å². The summed E-state index contributed by atoms with van der Waals surface area (Å²) in [6.07, 6.45) is 0. The third kappa shape index (κ3) is 3.62. The van der Waals surface area contributed by atoms with Crippen molar-refractivity contribution in [3.63, 3.8) is 0 Å². The Morgan fingerprint density at radius 2 is 2.11 bits per heavy atom. The number of aryl methyl sites for hydroxylation is 2. The Bertz CT molecular complexity index is 696. The predicted molar refractivity (Wildman–Crippen MR) is 79.8 cm³/mol. The van der Waals surface area contributed by atoms with Crippen molar-refractivity contribution in [3.8, 4) is 0 Å². The summed E-state index contributed by atoms with van der Waals surface area (Å²) in [6.45, 7) is 3.87. The first kappa shape index (κ1) is 14.6. The topological polar surface area (TPSA) is 59.1 Å². The number of rotatable bonds is 4. The molecule has 1 aromatic heterocycles. The van der Waals surface area contributed by atoms with Crippen LogP contribution in [0.2, 0.25) is 0 Å². The number of sulfonamides is 1. The Balaban J connectivity index is 2.20. The predicted octanol–water partition coefficient (Wildman–Crippen LogP) is 3.00. The van der Waals surface area contributed by atoms with Crippen molar-refractivity contribution < 1.29 is 8.42 Å². The van der Waals surface area contributed by atoms with Gasteiger partial charge in [0.05, 0.1) is 22.1 Å². The molecule has 19 heavy (non-hydrogen) atoms.